The first-order valence-electron chi connectivity index (χ1n) is 7.06. The first kappa shape index (κ1) is 14.7. The molecular formula is C15H24N4O. The molecule has 0 bridgehead atoms. The topological polar surface area (TPSA) is 61.6 Å². The van der Waals surface area contributed by atoms with Crippen molar-refractivity contribution in [3.8, 4) is 0 Å². The zero-order chi connectivity index (χ0) is 14.7. The summed E-state index contributed by atoms with van der Waals surface area (Å²) in [6.45, 7) is 1.91. The van der Waals surface area contributed by atoms with Gasteiger partial charge >= 0.3 is 0 Å². The molecule has 5 heteroatoms. The van der Waals surface area contributed by atoms with Crippen LogP contribution in [0.5, 0.6) is 0 Å². The fourth-order valence-corrected chi connectivity index (χ4v) is 2.76. The maximum absolute atomic E-state index is 12.0. The molecule has 1 aliphatic rings. The zero-order valence-corrected chi connectivity index (χ0v) is 12.5. The Morgan fingerprint density at radius 2 is 2.00 bits per heavy atom. The van der Waals surface area contributed by atoms with Crippen molar-refractivity contribution in [3.05, 3.63) is 23.8 Å². The number of hydrogen-bond donors (Lipinski definition) is 2. The van der Waals surface area contributed by atoms with Crippen LogP contribution in [-0.2, 0) is 0 Å². The molecule has 20 heavy (non-hydrogen) atoms. The molecule has 1 aromatic carbocycles. The fourth-order valence-electron chi connectivity index (χ4n) is 2.76. The molecule has 1 aromatic rings. The second kappa shape index (κ2) is 6.13. The molecule has 5 nitrogen and oxygen atoms in total. The van der Waals surface area contributed by atoms with E-state index >= 15 is 0 Å². The Morgan fingerprint density at radius 3 is 2.55 bits per heavy atom. The van der Waals surface area contributed by atoms with Gasteiger partial charge in [-0.1, -0.05) is 0 Å². The Kier molecular flexibility index (Phi) is 4.49. The first-order valence-corrected chi connectivity index (χ1v) is 7.06. The van der Waals surface area contributed by atoms with Crippen molar-refractivity contribution < 1.29 is 4.79 Å². The van der Waals surface area contributed by atoms with E-state index in [0.717, 1.165) is 31.6 Å². The van der Waals surface area contributed by atoms with E-state index in [0.29, 0.717) is 17.3 Å². The molecule has 0 atom stereocenters. The van der Waals surface area contributed by atoms with Gasteiger partial charge in [0.1, 0.15) is 0 Å². The number of carbonyl (C=O) groups excluding carboxylic acids is 1. The van der Waals surface area contributed by atoms with Gasteiger partial charge in [-0.3, -0.25) is 4.79 Å². The van der Waals surface area contributed by atoms with Gasteiger partial charge in [0, 0.05) is 31.9 Å². The van der Waals surface area contributed by atoms with Crippen molar-refractivity contribution in [3.63, 3.8) is 0 Å². The van der Waals surface area contributed by atoms with E-state index in [2.05, 4.69) is 29.2 Å². The van der Waals surface area contributed by atoms with E-state index in [1.54, 1.807) is 13.1 Å². The van der Waals surface area contributed by atoms with Crippen LogP contribution in [0.1, 0.15) is 23.2 Å². The van der Waals surface area contributed by atoms with E-state index < -0.39 is 0 Å². The lowest BCUT2D eigenvalue weighted by Crippen LogP contribution is -2.42. The van der Waals surface area contributed by atoms with Gasteiger partial charge in [0.2, 0.25) is 0 Å². The Balaban J connectivity index is 2.20. The highest BCUT2D eigenvalue weighted by Crippen LogP contribution is 2.27. The van der Waals surface area contributed by atoms with Gasteiger partial charge in [-0.2, -0.15) is 0 Å². The third-order valence-corrected chi connectivity index (χ3v) is 4.03. The minimum atomic E-state index is -0.0604. The lowest BCUT2D eigenvalue weighted by molar-refractivity contribution is 0.0963. The van der Waals surface area contributed by atoms with Crippen molar-refractivity contribution in [2.45, 2.75) is 18.9 Å². The molecule has 2 rings (SSSR count). The molecule has 1 saturated heterocycles. The number of nitrogens with one attached hydrogen (secondary N) is 1. The number of rotatable bonds is 3. The number of benzene rings is 1. The second-order valence-corrected chi connectivity index (χ2v) is 5.54. The normalized spacial score (nSPS) is 16.5. The summed E-state index contributed by atoms with van der Waals surface area (Å²) in [5.74, 6) is -0.0604. The number of nitrogen functional groups attached to an aromatic ring is 1. The minimum absolute atomic E-state index is 0.0604. The summed E-state index contributed by atoms with van der Waals surface area (Å²) in [4.78, 5) is 16.5. The molecule has 0 aromatic heterocycles. The molecule has 0 aliphatic carbocycles. The predicted molar refractivity (Wildman–Crippen MR) is 83.2 cm³/mol. The third-order valence-electron chi connectivity index (χ3n) is 4.03. The van der Waals surface area contributed by atoms with Gasteiger partial charge < -0.3 is 20.9 Å². The van der Waals surface area contributed by atoms with Gasteiger partial charge in [0.25, 0.3) is 5.91 Å². The lowest BCUT2D eigenvalue weighted by Gasteiger charge is -2.37. The highest BCUT2D eigenvalue weighted by atomic mass is 16.1. The summed E-state index contributed by atoms with van der Waals surface area (Å²) in [5.41, 5.74) is 8.23. The number of hydrogen-bond acceptors (Lipinski definition) is 4. The summed E-state index contributed by atoms with van der Waals surface area (Å²) in [7, 11) is 5.90. The predicted octanol–water partition coefficient (Wildman–Crippen LogP) is 1.16. The molecular weight excluding hydrogens is 252 g/mol. The number of amides is 1. The first-order chi connectivity index (χ1) is 9.52. The van der Waals surface area contributed by atoms with Crippen LogP contribution < -0.4 is 16.0 Å². The van der Waals surface area contributed by atoms with Crippen molar-refractivity contribution in [2.75, 3.05) is 44.9 Å². The minimum Gasteiger partial charge on any atom is -0.399 e. The van der Waals surface area contributed by atoms with Crippen LogP contribution in [-0.4, -0.2) is 51.1 Å². The van der Waals surface area contributed by atoms with Crippen LogP contribution >= 0.6 is 0 Å². The van der Waals surface area contributed by atoms with E-state index in [9.17, 15) is 4.79 Å². The highest BCUT2D eigenvalue weighted by molar-refractivity contribution is 6.00. The van der Waals surface area contributed by atoms with Crippen molar-refractivity contribution in [2.24, 2.45) is 0 Å². The number of piperidine rings is 1. The van der Waals surface area contributed by atoms with E-state index in [1.807, 2.05) is 12.1 Å². The van der Waals surface area contributed by atoms with Crippen LogP contribution in [0.15, 0.2) is 18.2 Å². The number of nitrogens with two attached hydrogens (primary N) is 1. The SMILES string of the molecule is CNC(=O)c1ccc(N)cc1N1CCC(N(C)C)CC1. The van der Waals surface area contributed by atoms with Crippen LogP contribution in [0, 0.1) is 0 Å². The van der Waals surface area contributed by atoms with Gasteiger partial charge in [-0.15, -0.1) is 0 Å². The van der Waals surface area contributed by atoms with Crippen molar-refractivity contribution in [1.82, 2.24) is 10.2 Å². The average Bonchev–Trinajstić information content (AvgIpc) is 2.46. The fraction of sp³-hybridized carbons (Fsp3) is 0.533. The monoisotopic (exact) mass is 276 g/mol. The average molecular weight is 276 g/mol. The summed E-state index contributed by atoms with van der Waals surface area (Å²) in [6.07, 6.45) is 2.21. The highest BCUT2D eigenvalue weighted by Gasteiger charge is 2.23. The van der Waals surface area contributed by atoms with Crippen molar-refractivity contribution in [1.29, 1.82) is 0 Å². The van der Waals surface area contributed by atoms with Gasteiger partial charge in [-0.25, -0.2) is 0 Å². The molecule has 110 valence electrons. The number of carbonyl (C=O) groups is 1. The molecule has 1 amide bonds. The van der Waals surface area contributed by atoms with Gasteiger partial charge in [0.05, 0.1) is 11.3 Å². The molecule has 0 spiro atoms. The van der Waals surface area contributed by atoms with Gasteiger partial charge in [-0.05, 0) is 45.1 Å². The van der Waals surface area contributed by atoms with Crippen molar-refractivity contribution >= 4 is 17.3 Å². The van der Waals surface area contributed by atoms with Crippen LogP contribution in [0.25, 0.3) is 0 Å². The maximum atomic E-state index is 12.0. The number of nitrogens with zero attached hydrogens (tertiary/aromatic N) is 2. The zero-order valence-electron chi connectivity index (χ0n) is 12.5. The number of anilines is 2. The summed E-state index contributed by atoms with van der Waals surface area (Å²) < 4.78 is 0. The Labute approximate surface area is 120 Å². The summed E-state index contributed by atoms with van der Waals surface area (Å²) in [5, 5.41) is 2.69. The molecule has 3 N–H and O–H groups in total. The van der Waals surface area contributed by atoms with E-state index in [-0.39, 0.29) is 5.91 Å². The van der Waals surface area contributed by atoms with Crippen LogP contribution in [0.3, 0.4) is 0 Å². The lowest BCUT2D eigenvalue weighted by atomic mass is 10.0. The smallest absolute Gasteiger partial charge is 0.253 e. The van der Waals surface area contributed by atoms with E-state index in [4.69, 9.17) is 5.73 Å². The molecule has 1 aliphatic heterocycles. The Hall–Kier alpha value is -1.75. The standard InChI is InChI=1S/C15H24N4O/c1-17-15(20)13-5-4-11(16)10-14(13)19-8-6-12(7-9-19)18(2)3/h4-5,10,12H,6-9,16H2,1-3H3,(H,17,20). The molecule has 1 heterocycles. The Bertz CT molecular complexity index is 479. The van der Waals surface area contributed by atoms with Crippen LogP contribution in [0.4, 0.5) is 11.4 Å². The molecule has 1 fully saturated rings. The third kappa shape index (κ3) is 3.04. The second-order valence-electron chi connectivity index (χ2n) is 5.54. The summed E-state index contributed by atoms with van der Waals surface area (Å²) >= 11 is 0. The van der Waals surface area contributed by atoms with Crippen LogP contribution in [0.2, 0.25) is 0 Å². The summed E-state index contributed by atoms with van der Waals surface area (Å²) in [6, 6.07) is 6.11. The molecule has 0 saturated carbocycles. The maximum Gasteiger partial charge on any atom is 0.253 e. The quantitative estimate of drug-likeness (QED) is 0.813. The van der Waals surface area contributed by atoms with Gasteiger partial charge in [0.15, 0.2) is 0 Å². The molecule has 0 radical (unpaired) electrons. The van der Waals surface area contributed by atoms with E-state index in [1.165, 1.54) is 0 Å². The molecule has 0 unspecified atom stereocenters. The largest absolute Gasteiger partial charge is 0.399 e. The Morgan fingerprint density at radius 1 is 1.35 bits per heavy atom.